The molecule has 0 aromatic heterocycles. The summed E-state index contributed by atoms with van der Waals surface area (Å²) in [5.74, 6) is 0.351. The van der Waals surface area contributed by atoms with Crippen LogP contribution in [-0.2, 0) is 20.6 Å². The normalized spacial score (nSPS) is 24.8. The molecule has 1 aliphatic heterocycles. The Morgan fingerprint density at radius 2 is 2.15 bits per heavy atom. The van der Waals surface area contributed by atoms with E-state index in [1.54, 1.807) is 18.2 Å². The number of ether oxygens (including phenoxy) is 1. The number of benzene rings is 1. The summed E-state index contributed by atoms with van der Waals surface area (Å²) in [5, 5.41) is 0. The Hall–Kier alpha value is -0.140. The smallest absolute Gasteiger partial charge is 0.244 e. The summed E-state index contributed by atoms with van der Waals surface area (Å²) in [4.78, 5) is 0.271. The van der Waals surface area contributed by atoms with E-state index in [-0.39, 0.29) is 17.0 Å². The predicted molar refractivity (Wildman–Crippen MR) is 82.5 cm³/mol. The first-order chi connectivity index (χ1) is 9.36. The van der Waals surface area contributed by atoms with Crippen molar-refractivity contribution in [3.8, 4) is 0 Å². The van der Waals surface area contributed by atoms with Gasteiger partial charge in [-0.15, -0.1) is 11.6 Å². The van der Waals surface area contributed by atoms with Crippen LogP contribution in [0, 0.1) is 0 Å². The highest BCUT2D eigenvalue weighted by molar-refractivity contribution is 9.10. The highest BCUT2D eigenvalue weighted by Crippen LogP contribution is 2.29. The largest absolute Gasteiger partial charge is 0.375 e. The molecule has 1 aromatic carbocycles. The molecular formula is C13H17BrClNO3S. The van der Waals surface area contributed by atoms with Crippen LogP contribution in [0.4, 0.5) is 0 Å². The lowest BCUT2D eigenvalue weighted by atomic mass is 10.2. The highest BCUT2D eigenvalue weighted by Gasteiger charge is 2.35. The minimum atomic E-state index is -3.54. The number of alkyl halides is 1. The highest BCUT2D eigenvalue weighted by atomic mass is 79.9. The molecule has 1 aliphatic rings. The fraction of sp³-hybridized carbons (Fsp3) is 0.538. The summed E-state index contributed by atoms with van der Waals surface area (Å²) in [6.07, 6.45) is -0.0955. The van der Waals surface area contributed by atoms with E-state index in [4.69, 9.17) is 16.3 Å². The third-order valence-corrected chi connectivity index (χ3v) is 6.55. The molecule has 20 heavy (non-hydrogen) atoms. The lowest BCUT2D eigenvalue weighted by Gasteiger charge is -2.35. The van der Waals surface area contributed by atoms with Crippen LogP contribution < -0.4 is 0 Å². The van der Waals surface area contributed by atoms with E-state index in [0.29, 0.717) is 23.5 Å². The fourth-order valence-electron chi connectivity index (χ4n) is 2.17. The number of sulfonamides is 1. The van der Waals surface area contributed by atoms with Gasteiger partial charge in [-0.2, -0.15) is 4.31 Å². The van der Waals surface area contributed by atoms with Crippen LogP contribution in [0.15, 0.2) is 27.6 Å². The number of rotatable bonds is 3. The van der Waals surface area contributed by atoms with Gasteiger partial charge in [-0.05, 0) is 47.5 Å². The third-order valence-electron chi connectivity index (χ3n) is 3.29. The van der Waals surface area contributed by atoms with Gasteiger partial charge >= 0.3 is 0 Å². The van der Waals surface area contributed by atoms with Crippen LogP contribution in [0.25, 0.3) is 0 Å². The van der Waals surface area contributed by atoms with Crippen LogP contribution in [0.2, 0.25) is 0 Å². The molecule has 0 radical (unpaired) electrons. The lowest BCUT2D eigenvalue weighted by molar-refractivity contribution is -0.0170. The SMILES string of the molecule is CC1CN(S(=O)(=O)c2ccc(CCl)cc2Br)C(C)CO1. The van der Waals surface area contributed by atoms with Gasteiger partial charge in [-0.25, -0.2) is 8.42 Å². The maximum absolute atomic E-state index is 12.8. The Morgan fingerprint density at radius 3 is 2.75 bits per heavy atom. The van der Waals surface area contributed by atoms with Crippen LogP contribution in [-0.4, -0.2) is 38.0 Å². The second-order valence-electron chi connectivity index (χ2n) is 4.97. The first kappa shape index (κ1) is 16.2. The molecule has 2 rings (SSSR count). The second-order valence-corrected chi connectivity index (χ2v) is 7.95. The summed E-state index contributed by atoms with van der Waals surface area (Å²) < 4.78 is 33.1. The average molecular weight is 383 g/mol. The van der Waals surface area contributed by atoms with E-state index >= 15 is 0 Å². The summed E-state index contributed by atoms with van der Waals surface area (Å²) in [6.45, 7) is 4.51. The molecule has 0 saturated carbocycles. The Kier molecular flexibility index (Phi) is 5.13. The molecule has 1 saturated heterocycles. The minimum Gasteiger partial charge on any atom is -0.375 e. The van der Waals surface area contributed by atoms with Crippen molar-refractivity contribution in [3.05, 3.63) is 28.2 Å². The standard InChI is InChI=1S/C13H17BrClNO3S/c1-9-8-19-10(2)7-16(9)20(17,18)13-4-3-11(6-15)5-12(13)14/h3-5,9-10H,6-8H2,1-2H3. The van der Waals surface area contributed by atoms with Crippen LogP contribution in [0.5, 0.6) is 0 Å². The number of morpholine rings is 1. The van der Waals surface area contributed by atoms with Gasteiger partial charge in [0.2, 0.25) is 10.0 Å². The second kappa shape index (κ2) is 6.32. The van der Waals surface area contributed by atoms with Crippen molar-refractivity contribution in [2.75, 3.05) is 13.2 Å². The van der Waals surface area contributed by atoms with Crippen LogP contribution in [0.1, 0.15) is 19.4 Å². The van der Waals surface area contributed by atoms with Gasteiger partial charge in [0.15, 0.2) is 0 Å². The van der Waals surface area contributed by atoms with Gasteiger partial charge in [0.25, 0.3) is 0 Å². The van der Waals surface area contributed by atoms with Crippen molar-refractivity contribution in [1.82, 2.24) is 4.31 Å². The number of nitrogens with zero attached hydrogens (tertiary/aromatic N) is 1. The zero-order chi connectivity index (χ0) is 14.9. The Bertz CT molecular complexity index is 593. The molecule has 0 N–H and O–H groups in total. The minimum absolute atomic E-state index is 0.0955. The topological polar surface area (TPSA) is 46.6 Å². The lowest BCUT2D eigenvalue weighted by Crippen LogP contribution is -2.50. The van der Waals surface area contributed by atoms with Gasteiger partial charge < -0.3 is 4.74 Å². The van der Waals surface area contributed by atoms with Crippen LogP contribution in [0.3, 0.4) is 0 Å². The molecular weight excluding hydrogens is 366 g/mol. The monoisotopic (exact) mass is 381 g/mol. The summed E-state index contributed by atoms with van der Waals surface area (Å²) >= 11 is 9.09. The molecule has 2 unspecified atom stereocenters. The molecule has 0 aliphatic carbocycles. The molecule has 0 spiro atoms. The average Bonchev–Trinajstić information content (AvgIpc) is 2.40. The van der Waals surface area contributed by atoms with Crippen molar-refractivity contribution < 1.29 is 13.2 Å². The van der Waals surface area contributed by atoms with Crippen LogP contribution >= 0.6 is 27.5 Å². The summed E-state index contributed by atoms with van der Waals surface area (Å²) in [6, 6.07) is 4.91. The van der Waals surface area contributed by atoms with E-state index in [1.807, 2.05) is 13.8 Å². The van der Waals surface area contributed by atoms with E-state index in [9.17, 15) is 8.42 Å². The van der Waals surface area contributed by atoms with Gasteiger partial charge in [-0.3, -0.25) is 0 Å². The maximum Gasteiger partial charge on any atom is 0.244 e. The third kappa shape index (κ3) is 3.20. The van der Waals surface area contributed by atoms with Crippen molar-refractivity contribution in [1.29, 1.82) is 0 Å². The Labute approximate surface area is 133 Å². The number of halogens is 2. The van der Waals surface area contributed by atoms with Gasteiger partial charge in [-0.1, -0.05) is 6.07 Å². The van der Waals surface area contributed by atoms with E-state index in [0.717, 1.165) is 5.56 Å². The Morgan fingerprint density at radius 1 is 1.45 bits per heavy atom. The van der Waals surface area contributed by atoms with Gasteiger partial charge in [0.1, 0.15) is 0 Å². The molecule has 1 aromatic rings. The quantitative estimate of drug-likeness (QED) is 0.755. The summed E-state index contributed by atoms with van der Waals surface area (Å²) in [7, 11) is -3.54. The zero-order valence-corrected chi connectivity index (χ0v) is 14.5. The van der Waals surface area contributed by atoms with Gasteiger partial charge in [0.05, 0.1) is 17.6 Å². The van der Waals surface area contributed by atoms with E-state index < -0.39 is 10.0 Å². The predicted octanol–water partition coefficient (Wildman–Crippen LogP) is 2.99. The number of hydrogen-bond donors (Lipinski definition) is 0. The molecule has 7 heteroatoms. The first-order valence-corrected chi connectivity index (χ1v) is 9.11. The molecule has 1 heterocycles. The fourth-order valence-corrected chi connectivity index (χ4v) is 5.12. The molecule has 2 atom stereocenters. The van der Waals surface area contributed by atoms with Crippen molar-refractivity contribution >= 4 is 37.6 Å². The Balaban J connectivity index is 2.39. The molecule has 4 nitrogen and oxygen atoms in total. The number of hydrogen-bond acceptors (Lipinski definition) is 3. The molecule has 0 amide bonds. The molecule has 1 fully saturated rings. The zero-order valence-electron chi connectivity index (χ0n) is 11.3. The van der Waals surface area contributed by atoms with E-state index in [1.165, 1.54) is 4.31 Å². The summed E-state index contributed by atoms with van der Waals surface area (Å²) in [5.41, 5.74) is 0.876. The first-order valence-electron chi connectivity index (χ1n) is 6.34. The van der Waals surface area contributed by atoms with Crippen molar-refractivity contribution in [3.63, 3.8) is 0 Å². The van der Waals surface area contributed by atoms with Crippen molar-refractivity contribution in [2.24, 2.45) is 0 Å². The maximum atomic E-state index is 12.8. The van der Waals surface area contributed by atoms with Crippen molar-refractivity contribution in [2.45, 2.75) is 36.8 Å². The van der Waals surface area contributed by atoms with Gasteiger partial charge in [0, 0.05) is 22.9 Å². The van der Waals surface area contributed by atoms with E-state index in [2.05, 4.69) is 15.9 Å². The molecule has 112 valence electrons. The molecule has 0 bridgehead atoms.